The number of benzene rings is 1. The molecule has 0 radical (unpaired) electrons. The Balaban J connectivity index is 2.31. The molecule has 0 aliphatic carbocycles. The molecule has 78 valence electrons. The van der Waals surface area contributed by atoms with Crippen LogP contribution in [0.15, 0.2) is 35.3 Å². The van der Waals surface area contributed by atoms with Crippen molar-refractivity contribution in [3.05, 3.63) is 35.3 Å². The Morgan fingerprint density at radius 2 is 2.00 bits per heavy atom. The number of hydrogen-bond acceptors (Lipinski definition) is 5. The summed E-state index contributed by atoms with van der Waals surface area (Å²) in [7, 11) is 0. The molecular weight excluding hydrogens is 288 g/mol. The number of aromatic nitrogens is 4. The van der Waals surface area contributed by atoms with Crippen LogP contribution in [-0.2, 0) is 0 Å². The molecule has 0 saturated carbocycles. The van der Waals surface area contributed by atoms with Crippen LogP contribution in [0.4, 0.5) is 0 Å². The van der Waals surface area contributed by atoms with Crippen molar-refractivity contribution in [1.29, 1.82) is 0 Å². The van der Waals surface area contributed by atoms with E-state index in [1.165, 1.54) is 11.5 Å². The smallest absolute Gasteiger partial charge is 0.209 e. The van der Waals surface area contributed by atoms with Crippen LogP contribution >= 0.6 is 27.5 Å². The van der Waals surface area contributed by atoms with Gasteiger partial charge in [0, 0.05) is 18.0 Å². The molecule has 0 bridgehead atoms. The van der Waals surface area contributed by atoms with Crippen LogP contribution in [-0.4, -0.2) is 19.3 Å². The van der Waals surface area contributed by atoms with E-state index in [2.05, 4.69) is 35.3 Å². The zero-order valence-electron chi connectivity index (χ0n) is 7.96. The molecule has 16 heavy (non-hydrogen) atoms. The maximum Gasteiger partial charge on any atom is 0.209 e. The average molecular weight is 293 g/mol. The van der Waals surface area contributed by atoms with E-state index >= 15 is 0 Å². The first kappa shape index (κ1) is 9.80. The molecule has 0 N–H and O–H groups in total. The topological polar surface area (TPSA) is 51.6 Å². The summed E-state index contributed by atoms with van der Waals surface area (Å²) in [4.78, 5) is 12.9. The first-order chi connectivity index (χ1) is 7.84. The molecule has 0 spiro atoms. The molecule has 0 saturated heterocycles. The lowest BCUT2D eigenvalue weighted by Gasteiger charge is -2.00. The third kappa shape index (κ3) is 1.60. The van der Waals surface area contributed by atoms with Gasteiger partial charge in [-0.05, 0) is 39.6 Å². The SMILES string of the molecule is Brc1nsc(-c2cccc3nccnc23)n1. The highest BCUT2D eigenvalue weighted by Crippen LogP contribution is 2.28. The van der Waals surface area contributed by atoms with Crippen LogP contribution in [0.5, 0.6) is 0 Å². The molecule has 0 amide bonds. The average Bonchev–Trinajstić information content (AvgIpc) is 2.75. The number of halogens is 1. The van der Waals surface area contributed by atoms with Crippen LogP contribution in [0.25, 0.3) is 21.6 Å². The lowest BCUT2D eigenvalue weighted by molar-refractivity contribution is 1.25. The normalized spacial score (nSPS) is 10.8. The highest BCUT2D eigenvalue weighted by atomic mass is 79.9. The van der Waals surface area contributed by atoms with Crippen molar-refractivity contribution >= 4 is 38.5 Å². The monoisotopic (exact) mass is 292 g/mol. The third-order valence-corrected chi connectivity index (χ3v) is 3.47. The number of para-hydroxylation sites is 1. The molecule has 0 aliphatic heterocycles. The molecule has 3 rings (SSSR count). The van der Waals surface area contributed by atoms with Crippen molar-refractivity contribution in [2.24, 2.45) is 0 Å². The zero-order chi connectivity index (χ0) is 11.0. The number of rotatable bonds is 1. The highest BCUT2D eigenvalue weighted by molar-refractivity contribution is 9.10. The van der Waals surface area contributed by atoms with E-state index in [0.29, 0.717) is 4.73 Å². The van der Waals surface area contributed by atoms with Gasteiger partial charge in [0.1, 0.15) is 5.01 Å². The summed E-state index contributed by atoms with van der Waals surface area (Å²) in [6.45, 7) is 0. The number of hydrogen-bond donors (Lipinski definition) is 0. The molecule has 0 unspecified atom stereocenters. The molecule has 3 aromatic rings. The van der Waals surface area contributed by atoms with E-state index in [9.17, 15) is 0 Å². The lowest BCUT2D eigenvalue weighted by atomic mass is 10.2. The summed E-state index contributed by atoms with van der Waals surface area (Å²) in [6.07, 6.45) is 3.37. The van der Waals surface area contributed by atoms with Crippen LogP contribution in [0.2, 0.25) is 0 Å². The zero-order valence-corrected chi connectivity index (χ0v) is 10.4. The molecule has 1 aromatic carbocycles. The van der Waals surface area contributed by atoms with Gasteiger partial charge in [-0.15, -0.1) is 0 Å². The standard InChI is InChI=1S/C10H5BrN4S/c11-10-14-9(16-15-10)6-2-1-3-7-8(6)13-5-4-12-7/h1-5H. The maximum absolute atomic E-state index is 4.33. The molecule has 0 atom stereocenters. The van der Waals surface area contributed by atoms with Gasteiger partial charge in [-0.25, -0.2) is 4.98 Å². The van der Waals surface area contributed by atoms with E-state index in [-0.39, 0.29) is 0 Å². The van der Waals surface area contributed by atoms with Crippen molar-refractivity contribution in [3.8, 4) is 10.6 Å². The Bertz CT molecular complexity index is 647. The van der Waals surface area contributed by atoms with E-state index in [1.54, 1.807) is 12.4 Å². The summed E-state index contributed by atoms with van der Waals surface area (Å²) >= 11 is 4.59. The minimum absolute atomic E-state index is 0.605. The largest absolute Gasteiger partial charge is 0.253 e. The van der Waals surface area contributed by atoms with Crippen molar-refractivity contribution in [3.63, 3.8) is 0 Å². The van der Waals surface area contributed by atoms with Gasteiger partial charge in [0.25, 0.3) is 0 Å². The Kier molecular flexibility index (Phi) is 2.37. The van der Waals surface area contributed by atoms with Crippen molar-refractivity contribution in [2.45, 2.75) is 0 Å². The van der Waals surface area contributed by atoms with Gasteiger partial charge in [-0.1, -0.05) is 6.07 Å². The predicted molar refractivity (Wildman–Crippen MR) is 66.1 cm³/mol. The van der Waals surface area contributed by atoms with Gasteiger partial charge in [-0.3, -0.25) is 9.97 Å². The third-order valence-electron chi connectivity index (χ3n) is 2.13. The second kappa shape index (κ2) is 3.88. The van der Waals surface area contributed by atoms with Crippen LogP contribution in [0, 0.1) is 0 Å². The Labute approximate surface area is 104 Å². The van der Waals surface area contributed by atoms with Gasteiger partial charge in [0.15, 0.2) is 0 Å². The molecule has 0 fully saturated rings. The summed E-state index contributed by atoms with van der Waals surface area (Å²) in [5.74, 6) is 0. The van der Waals surface area contributed by atoms with Gasteiger partial charge in [-0.2, -0.15) is 4.37 Å². The fourth-order valence-corrected chi connectivity index (χ4v) is 2.59. The van der Waals surface area contributed by atoms with E-state index in [4.69, 9.17) is 0 Å². The predicted octanol–water partition coefficient (Wildman–Crippen LogP) is 2.91. The molecular formula is C10H5BrN4S. The molecule has 2 aromatic heterocycles. The fraction of sp³-hybridized carbons (Fsp3) is 0. The first-order valence-corrected chi connectivity index (χ1v) is 6.10. The van der Waals surface area contributed by atoms with E-state index < -0.39 is 0 Å². The lowest BCUT2D eigenvalue weighted by Crippen LogP contribution is -1.85. The van der Waals surface area contributed by atoms with Gasteiger partial charge >= 0.3 is 0 Å². The molecule has 2 heterocycles. The molecule has 4 nitrogen and oxygen atoms in total. The van der Waals surface area contributed by atoms with Crippen molar-refractivity contribution in [1.82, 2.24) is 19.3 Å². The van der Waals surface area contributed by atoms with E-state index in [0.717, 1.165) is 21.6 Å². The van der Waals surface area contributed by atoms with E-state index in [1.807, 2.05) is 18.2 Å². The second-order valence-corrected chi connectivity index (χ2v) is 4.56. The Hall–Kier alpha value is -1.40. The van der Waals surface area contributed by atoms with Gasteiger partial charge in [0.05, 0.1) is 11.0 Å². The summed E-state index contributed by atoms with van der Waals surface area (Å²) in [6, 6.07) is 5.85. The molecule has 0 aliphatic rings. The van der Waals surface area contributed by atoms with Crippen molar-refractivity contribution in [2.75, 3.05) is 0 Å². The Morgan fingerprint density at radius 3 is 2.81 bits per heavy atom. The first-order valence-electron chi connectivity index (χ1n) is 4.54. The fourth-order valence-electron chi connectivity index (χ4n) is 1.48. The number of fused-ring (bicyclic) bond motifs is 1. The van der Waals surface area contributed by atoms with Crippen LogP contribution in [0.1, 0.15) is 0 Å². The van der Waals surface area contributed by atoms with Crippen LogP contribution < -0.4 is 0 Å². The van der Waals surface area contributed by atoms with Crippen molar-refractivity contribution < 1.29 is 0 Å². The maximum atomic E-state index is 4.33. The summed E-state index contributed by atoms with van der Waals surface area (Å²) in [5, 5.41) is 0.845. The second-order valence-electron chi connectivity index (χ2n) is 3.10. The van der Waals surface area contributed by atoms with Gasteiger partial charge < -0.3 is 0 Å². The molecule has 6 heteroatoms. The highest BCUT2D eigenvalue weighted by Gasteiger charge is 2.09. The summed E-state index contributed by atoms with van der Waals surface area (Å²) in [5.41, 5.74) is 2.69. The quantitative estimate of drug-likeness (QED) is 0.692. The van der Waals surface area contributed by atoms with Crippen LogP contribution in [0.3, 0.4) is 0 Å². The minimum atomic E-state index is 0.605. The minimum Gasteiger partial charge on any atom is -0.253 e. The number of nitrogens with zero attached hydrogens (tertiary/aromatic N) is 4. The summed E-state index contributed by atoms with van der Waals surface area (Å²) < 4.78 is 4.70. The Morgan fingerprint density at radius 1 is 1.12 bits per heavy atom. The van der Waals surface area contributed by atoms with Gasteiger partial charge in [0.2, 0.25) is 4.73 Å².